The Bertz CT molecular complexity index is 806. The number of aromatic nitrogens is 2. The van der Waals surface area contributed by atoms with E-state index in [-0.39, 0.29) is 11.6 Å². The predicted octanol–water partition coefficient (Wildman–Crippen LogP) is 1.07. The molecule has 2 aromatic rings. The first-order chi connectivity index (χ1) is 13.7. The number of esters is 1. The van der Waals surface area contributed by atoms with Crippen molar-refractivity contribution in [2.24, 2.45) is 0 Å². The second kappa shape index (κ2) is 9.77. The van der Waals surface area contributed by atoms with Gasteiger partial charge in [0, 0.05) is 26.2 Å². The number of carbonyl (C=O) groups excluding carboxylic acids is 2. The molecule has 0 unspecified atom stereocenters. The first-order valence-electron chi connectivity index (χ1n) is 9.02. The number of benzene rings is 1. The molecule has 0 atom stereocenters. The molecule has 1 aromatic carbocycles. The average molecular weight is 385 g/mol. The summed E-state index contributed by atoms with van der Waals surface area (Å²) in [6.07, 6.45) is 2.85. The highest BCUT2D eigenvalue weighted by Crippen LogP contribution is 2.19. The normalized spacial score (nSPS) is 14.3. The Kier molecular flexibility index (Phi) is 6.88. The third-order valence-electron chi connectivity index (χ3n) is 4.30. The molecular weight excluding hydrogens is 362 g/mol. The minimum atomic E-state index is -0.452. The van der Waals surface area contributed by atoms with E-state index in [4.69, 9.17) is 9.47 Å². The molecule has 1 amide bonds. The largest absolute Gasteiger partial charge is 0.465 e. The zero-order valence-electron chi connectivity index (χ0n) is 15.7. The molecule has 9 nitrogen and oxygen atoms in total. The Morgan fingerprint density at radius 3 is 2.68 bits per heavy atom. The molecule has 0 radical (unpaired) electrons. The molecule has 1 saturated heterocycles. The van der Waals surface area contributed by atoms with Crippen LogP contribution in [0.25, 0.3) is 0 Å². The Morgan fingerprint density at radius 1 is 1.18 bits per heavy atom. The van der Waals surface area contributed by atoms with E-state index in [1.165, 1.54) is 19.5 Å². The van der Waals surface area contributed by atoms with Crippen molar-refractivity contribution in [3.8, 4) is 0 Å². The number of anilines is 2. The van der Waals surface area contributed by atoms with Crippen LogP contribution in [0.3, 0.4) is 0 Å². The fourth-order valence-corrected chi connectivity index (χ4v) is 2.77. The summed E-state index contributed by atoms with van der Waals surface area (Å²) in [5, 5.41) is 5.86. The van der Waals surface area contributed by atoms with Gasteiger partial charge < -0.3 is 20.1 Å². The molecule has 0 aliphatic carbocycles. The molecule has 148 valence electrons. The molecule has 2 heterocycles. The van der Waals surface area contributed by atoms with Crippen LogP contribution in [0.15, 0.2) is 36.7 Å². The maximum absolute atomic E-state index is 12.2. The van der Waals surface area contributed by atoms with Crippen molar-refractivity contribution in [3.63, 3.8) is 0 Å². The maximum Gasteiger partial charge on any atom is 0.339 e. The number of ether oxygens (including phenoxy) is 2. The maximum atomic E-state index is 12.2. The third-order valence-corrected chi connectivity index (χ3v) is 4.30. The van der Waals surface area contributed by atoms with Gasteiger partial charge in [0.05, 0.1) is 44.0 Å². The third kappa shape index (κ3) is 5.24. The Balaban J connectivity index is 1.54. The molecular formula is C19H23N5O4. The van der Waals surface area contributed by atoms with Gasteiger partial charge in [-0.1, -0.05) is 12.1 Å². The van der Waals surface area contributed by atoms with Crippen molar-refractivity contribution >= 4 is 23.4 Å². The van der Waals surface area contributed by atoms with Gasteiger partial charge in [0.25, 0.3) is 5.91 Å². The quantitative estimate of drug-likeness (QED) is 0.682. The summed E-state index contributed by atoms with van der Waals surface area (Å²) >= 11 is 0. The van der Waals surface area contributed by atoms with Crippen LogP contribution in [0.1, 0.15) is 20.8 Å². The highest BCUT2D eigenvalue weighted by molar-refractivity contribution is 5.96. The van der Waals surface area contributed by atoms with Crippen LogP contribution in [0, 0.1) is 0 Å². The second-order valence-electron chi connectivity index (χ2n) is 6.16. The SMILES string of the molecule is COC(=O)c1ccccc1Nc1cnc(C(=O)NCCN2CCOCC2)cn1. The molecule has 9 heteroatoms. The van der Waals surface area contributed by atoms with E-state index in [1.54, 1.807) is 24.3 Å². The lowest BCUT2D eigenvalue weighted by Gasteiger charge is -2.26. The van der Waals surface area contributed by atoms with E-state index in [2.05, 4.69) is 25.5 Å². The van der Waals surface area contributed by atoms with Crippen LogP contribution in [-0.4, -0.2) is 73.2 Å². The summed E-state index contributed by atoms with van der Waals surface area (Å²) < 4.78 is 10.1. The van der Waals surface area contributed by atoms with Crippen LogP contribution in [0.4, 0.5) is 11.5 Å². The van der Waals surface area contributed by atoms with E-state index < -0.39 is 5.97 Å². The van der Waals surface area contributed by atoms with Gasteiger partial charge in [-0.05, 0) is 12.1 Å². The van der Waals surface area contributed by atoms with Crippen LogP contribution >= 0.6 is 0 Å². The zero-order valence-corrected chi connectivity index (χ0v) is 15.7. The van der Waals surface area contributed by atoms with Crippen molar-refractivity contribution in [2.45, 2.75) is 0 Å². The Morgan fingerprint density at radius 2 is 1.96 bits per heavy atom. The summed E-state index contributed by atoms with van der Waals surface area (Å²) in [4.78, 5) is 34.6. The molecule has 0 spiro atoms. The first kappa shape index (κ1) is 19.7. The number of carbonyl (C=O) groups is 2. The monoisotopic (exact) mass is 385 g/mol. The smallest absolute Gasteiger partial charge is 0.339 e. The van der Waals surface area contributed by atoms with Gasteiger partial charge in [-0.25, -0.2) is 14.8 Å². The minimum absolute atomic E-state index is 0.230. The summed E-state index contributed by atoms with van der Waals surface area (Å²) in [6.45, 7) is 4.52. The Hall–Kier alpha value is -3.04. The Labute approximate surface area is 163 Å². The molecule has 0 bridgehead atoms. The number of amides is 1. The van der Waals surface area contributed by atoms with E-state index >= 15 is 0 Å². The lowest BCUT2D eigenvalue weighted by atomic mass is 10.2. The number of hydrogen-bond acceptors (Lipinski definition) is 8. The van der Waals surface area contributed by atoms with Crippen LogP contribution < -0.4 is 10.6 Å². The lowest BCUT2D eigenvalue weighted by molar-refractivity contribution is 0.0383. The van der Waals surface area contributed by atoms with E-state index in [0.29, 0.717) is 23.6 Å². The van der Waals surface area contributed by atoms with Crippen molar-refractivity contribution in [2.75, 3.05) is 51.8 Å². The first-order valence-corrected chi connectivity index (χ1v) is 9.02. The standard InChI is InChI=1S/C19H23N5O4/c1-27-19(26)14-4-2-3-5-15(14)23-17-13-21-16(12-22-17)18(25)20-6-7-24-8-10-28-11-9-24/h2-5,12-13H,6-11H2,1H3,(H,20,25)(H,22,23). The number of nitrogens with one attached hydrogen (secondary N) is 2. The number of hydrogen-bond donors (Lipinski definition) is 2. The van der Waals surface area contributed by atoms with E-state index in [9.17, 15) is 9.59 Å². The van der Waals surface area contributed by atoms with Crippen molar-refractivity contribution < 1.29 is 19.1 Å². The van der Waals surface area contributed by atoms with E-state index in [1.807, 2.05) is 0 Å². The average Bonchev–Trinajstić information content (AvgIpc) is 2.75. The van der Waals surface area contributed by atoms with Gasteiger partial charge in [0.2, 0.25) is 0 Å². The number of para-hydroxylation sites is 1. The minimum Gasteiger partial charge on any atom is -0.465 e. The highest BCUT2D eigenvalue weighted by Gasteiger charge is 2.13. The van der Waals surface area contributed by atoms with Crippen LogP contribution in [-0.2, 0) is 9.47 Å². The van der Waals surface area contributed by atoms with Gasteiger partial charge in [-0.3, -0.25) is 9.69 Å². The summed E-state index contributed by atoms with van der Waals surface area (Å²) in [6, 6.07) is 6.92. The van der Waals surface area contributed by atoms with Crippen LogP contribution in [0.5, 0.6) is 0 Å². The van der Waals surface area contributed by atoms with Gasteiger partial charge in [-0.2, -0.15) is 0 Å². The molecule has 28 heavy (non-hydrogen) atoms. The number of rotatable bonds is 7. The number of morpholine rings is 1. The number of nitrogens with zero attached hydrogens (tertiary/aromatic N) is 3. The van der Waals surface area contributed by atoms with Crippen molar-refractivity contribution in [3.05, 3.63) is 47.9 Å². The molecule has 1 aliphatic heterocycles. The van der Waals surface area contributed by atoms with Crippen molar-refractivity contribution in [1.82, 2.24) is 20.2 Å². The van der Waals surface area contributed by atoms with Gasteiger partial charge in [-0.15, -0.1) is 0 Å². The van der Waals surface area contributed by atoms with Gasteiger partial charge >= 0.3 is 5.97 Å². The molecule has 1 aliphatic rings. The van der Waals surface area contributed by atoms with E-state index in [0.717, 1.165) is 32.8 Å². The highest BCUT2D eigenvalue weighted by atomic mass is 16.5. The number of methoxy groups -OCH3 is 1. The van der Waals surface area contributed by atoms with Crippen LogP contribution in [0.2, 0.25) is 0 Å². The fraction of sp³-hybridized carbons (Fsp3) is 0.368. The van der Waals surface area contributed by atoms with Gasteiger partial charge in [0.15, 0.2) is 0 Å². The summed E-state index contributed by atoms with van der Waals surface area (Å²) in [5.74, 6) is -0.309. The fourth-order valence-electron chi connectivity index (χ4n) is 2.77. The summed E-state index contributed by atoms with van der Waals surface area (Å²) in [5.41, 5.74) is 1.16. The lowest BCUT2D eigenvalue weighted by Crippen LogP contribution is -2.41. The molecule has 2 N–H and O–H groups in total. The topological polar surface area (TPSA) is 106 Å². The van der Waals surface area contributed by atoms with Crippen molar-refractivity contribution in [1.29, 1.82) is 0 Å². The zero-order chi connectivity index (χ0) is 19.8. The second-order valence-corrected chi connectivity index (χ2v) is 6.16. The molecule has 0 saturated carbocycles. The predicted molar refractivity (Wildman–Crippen MR) is 103 cm³/mol. The van der Waals surface area contributed by atoms with Gasteiger partial charge in [0.1, 0.15) is 11.5 Å². The summed E-state index contributed by atoms with van der Waals surface area (Å²) in [7, 11) is 1.32. The molecule has 1 fully saturated rings. The molecule has 1 aromatic heterocycles. The molecule has 3 rings (SSSR count).